The topological polar surface area (TPSA) is 105 Å². The minimum absolute atomic E-state index is 0.0373. The largest absolute Gasteiger partial charge is 0.497 e. The summed E-state index contributed by atoms with van der Waals surface area (Å²) >= 11 is 1.50. The minimum Gasteiger partial charge on any atom is -0.497 e. The Bertz CT molecular complexity index is 1500. The molecule has 0 aliphatic carbocycles. The van der Waals surface area contributed by atoms with Crippen molar-refractivity contribution in [3.8, 4) is 11.5 Å². The summed E-state index contributed by atoms with van der Waals surface area (Å²) in [6.07, 6.45) is 2.96. The molecule has 0 unspecified atom stereocenters. The Kier molecular flexibility index (Phi) is 13.0. The van der Waals surface area contributed by atoms with Gasteiger partial charge in [-0.25, -0.2) is 8.42 Å². The molecule has 11 heteroatoms. The van der Waals surface area contributed by atoms with Crippen LogP contribution in [0.5, 0.6) is 11.5 Å². The fourth-order valence-electron chi connectivity index (χ4n) is 4.66. The Morgan fingerprint density at radius 3 is 2.27 bits per heavy atom. The molecule has 3 aromatic carbocycles. The highest BCUT2D eigenvalue weighted by atomic mass is 32.2. The lowest BCUT2D eigenvalue weighted by Gasteiger charge is -2.34. The van der Waals surface area contributed by atoms with Crippen LogP contribution in [-0.2, 0) is 26.2 Å². The summed E-state index contributed by atoms with van der Waals surface area (Å²) < 4.78 is 40.7. The van der Waals surface area contributed by atoms with Crippen LogP contribution in [0.15, 0.2) is 82.6 Å². The third-order valence-corrected chi connectivity index (χ3v) is 9.75. The number of anilines is 1. The number of para-hydroxylation sites is 2. The van der Waals surface area contributed by atoms with Gasteiger partial charge in [0.25, 0.3) is 10.0 Å². The average Bonchev–Trinajstić information content (AvgIpc) is 3.03. The van der Waals surface area contributed by atoms with Crippen LogP contribution in [0.3, 0.4) is 0 Å². The molecule has 3 rings (SSSR count). The molecular formula is C33H43N3O6S2. The van der Waals surface area contributed by atoms with Gasteiger partial charge in [-0.05, 0) is 87.0 Å². The molecule has 0 fully saturated rings. The van der Waals surface area contributed by atoms with E-state index in [0.29, 0.717) is 24.5 Å². The summed E-state index contributed by atoms with van der Waals surface area (Å²) in [5, 5.41) is 2.99. The van der Waals surface area contributed by atoms with Crippen LogP contribution in [0, 0.1) is 0 Å². The van der Waals surface area contributed by atoms with E-state index in [4.69, 9.17) is 9.47 Å². The van der Waals surface area contributed by atoms with Gasteiger partial charge >= 0.3 is 0 Å². The van der Waals surface area contributed by atoms with Gasteiger partial charge < -0.3 is 19.7 Å². The SMILES string of the molecule is CCOc1ccccc1N(CC(=O)N(Cc1cccc(OC)c1)[C@H](CC)C(=O)N[C@@H](C)CC)S(=O)(=O)c1ccc(SC)cc1. The number of hydrogen-bond donors (Lipinski definition) is 1. The summed E-state index contributed by atoms with van der Waals surface area (Å²) in [6, 6.07) is 19.6. The number of nitrogens with zero attached hydrogens (tertiary/aromatic N) is 2. The van der Waals surface area contributed by atoms with Crippen molar-refractivity contribution in [2.24, 2.45) is 0 Å². The normalized spacial score (nSPS) is 12.6. The zero-order chi connectivity index (χ0) is 32.3. The number of rotatable bonds is 16. The number of carbonyl (C=O) groups is 2. The lowest BCUT2D eigenvalue weighted by atomic mass is 10.1. The Balaban J connectivity index is 2.12. The number of methoxy groups -OCH3 is 1. The lowest BCUT2D eigenvalue weighted by Crippen LogP contribution is -2.53. The third kappa shape index (κ3) is 8.69. The molecule has 0 saturated carbocycles. The van der Waals surface area contributed by atoms with Crippen molar-refractivity contribution in [2.75, 3.05) is 30.8 Å². The van der Waals surface area contributed by atoms with Crippen molar-refractivity contribution in [3.63, 3.8) is 0 Å². The molecule has 0 bridgehead atoms. The third-order valence-electron chi connectivity index (χ3n) is 7.23. The minimum atomic E-state index is -4.23. The van der Waals surface area contributed by atoms with Crippen molar-refractivity contribution in [3.05, 3.63) is 78.4 Å². The van der Waals surface area contributed by atoms with Crippen molar-refractivity contribution < 1.29 is 27.5 Å². The molecule has 3 aromatic rings. The van der Waals surface area contributed by atoms with E-state index >= 15 is 0 Å². The Hall–Kier alpha value is -3.70. The van der Waals surface area contributed by atoms with E-state index in [9.17, 15) is 18.0 Å². The second-order valence-corrected chi connectivity index (χ2v) is 12.9. The summed E-state index contributed by atoms with van der Waals surface area (Å²) in [7, 11) is -2.68. The predicted octanol–water partition coefficient (Wildman–Crippen LogP) is 5.73. The molecule has 1 N–H and O–H groups in total. The molecular weight excluding hydrogens is 599 g/mol. The smallest absolute Gasteiger partial charge is 0.264 e. The first-order chi connectivity index (χ1) is 21.1. The summed E-state index contributed by atoms with van der Waals surface area (Å²) in [4.78, 5) is 30.2. The number of ether oxygens (including phenoxy) is 2. The van der Waals surface area contributed by atoms with Crippen LogP contribution in [0.25, 0.3) is 0 Å². The molecule has 44 heavy (non-hydrogen) atoms. The van der Waals surface area contributed by atoms with Gasteiger partial charge in [0.2, 0.25) is 11.8 Å². The molecule has 0 spiro atoms. The second-order valence-electron chi connectivity index (χ2n) is 10.2. The van der Waals surface area contributed by atoms with Crippen LogP contribution >= 0.6 is 11.8 Å². The van der Waals surface area contributed by atoms with Gasteiger partial charge in [-0.2, -0.15) is 0 Å². The number of amides is 2. The average molecular weight is 642 g/mol. The first-order valence-corrected chi connectivity index (χ1v) is 17.4. The zero-order valence-electron chi connectivity index (χ0n) is 26.3. The van der Waals surface area contributed by atoms with Crippen molar-refractivity contribution >= 4 is 39.3 Å². The maximum atomic E-state index is 14.4. The first kappa shape index (κ1) is 34.8. The highest BCUT2D eigenvalue weighted by Gasteiger charge is 2.35. The Morgan fingerprint density at radius 2 is 1.66 bits per heavy atom. The number of sulfonamides is 1. The van der Waals surface area contributed by atoms with E-state index in [1.165, 1.54) is 28.8 Å². The maximum Gasteiger partial charge on any atom is 0.264 e. The van der Waals surface area contributed by atoms with E-state index in [2.05, 4.69) is 5.32 Å². The van der Waals surface area contributed by atoms with E-state index < -0.39 is 28.5 Å². The summed E-state index contributed by atoms with van der Waals surface area (Å²) in [5.74, 6) is 0.105. The van der Waals surface area contributed by atoms with E-state index in [1.807, 2.05) is 39.2 Å². The van der Waals surface area contributed by atoms with E-state index in [1.54, 1.807) is 62.6 Å². The van der Waals surface area contributed by atoms with Crippen LogP contribution in [0.2, 0.25) is 0 Å². The predicted molar refractivity (Wildman–Crippen MR) is 176 cm³/mol. The van der Waals surface area contributed by atoms with Gasteiger partial charge in [0, 0.05) is 17.5 Å². The molecule has 2 atom stereocenters. The van der Waals surface area contributed by atoms with Gasteiger partial charge in [-0.15, -0.1) is 11.8 Å². The summed E-state index contributed by atoms with van der Waals surface area (Å²) in [5.41, 5.74) is 0.972. The number of hydrogen-bond acceptors (Lipinski definition) is 7. The van der Waals surface area contributed by atoms with Gasteiger partial charge in [-0.1, -0.05) is 38.1 Å². The molecule has 9 nitrogen and oxygen atoms in total. The Labute approximate surface area is 266 Å². The number of nitrogens with one attached hydrogen (secondary N) is 1. The highest BCUT2D eigenvalue weighted by Crippen LogP contribution is 2.33. The second kappa shape index (κ2) is 16.4. The van der Waals surface area contributed by atoms with Crippen LogP contribution in [-0.4, -0.2) is 63.7 Å². The van der Waals surface area contributed by atoms with Gasteiger partial charge in [0.15, 0.2) is 0 Å². The van der Waals surface area contributed by atoms with E-state index in [-0.39, 0.29) is 29.1 Å². The van der Waals surface area contributed by atoms with Gasteiger partial charge in [-0.3, -0.25) is 13.9 Å². The van der Waals surface area contributed by atoms with Crippen molar-refractivity contribution in [1.82, 2.24) is 10.2 Å². The Morgan fingerprint density at radius 1 is 0.955 bits per heavy atom. The fraction of sp³-hybridized carbons (Fsp3) is 0.394. The number of benzene rings is 3. The lowest BCUT2D eigenvalue weighted by molar-refractivity contribution is -0.140. The van der Waals surface area contributed by atoms with Crippen LogP contribution in [0.1, 0.15) is 46.1 Å². The first-order valence-electron chi connectivity index (χ1n) is 14.7. The zero-order valence-corrected chi connectivity index (χ0v) is 27.9. The van der Waals surface area contributed by atoms with Gasteiger partial charge in [0.05, 0.1) is 24.3 Å². The molecule has 0 saturated heterocycles. The molecule has 238 valence electrons. The highest BCUT2D eigenvalue weighted by molar-refractivity contribution is 7.98. The van der Waals surface area contributed by atoms with Gasteiger partial charge in [0.1, 0.15) is 24.1 Å². The number of thioether (sulfide) groups is 1. The van der Waals surface area contributed by atoms with Crippen LogP contribution < -0.4 is 19.1 Å². The van der Waals surface area contributed by atoms with Crippen LogP contribution in [0.4, 0.5) is 5.69 Å². The van der Waals surface area contributed by atoms with Crippen molar-refractivity contribution in [2.45, 2.75) is 69.0 Å². The standard InChI is InChI=1S/C33H43N3O6S2/c1-7-24(4)34-33(38)29(8-2)35(22-25-13-12-14-26(21-25)41-5)32(37)23-36(30-15-10-11-16-31(30)42-9-3)44(39,40)28-19-17-27(43-6)18-20-28/h10-21,24,29H,7-9,22-23H2,1-6H3,(H,34,38)/t24-,29+/m0/s1. The summed E-state index contributed by atoms with van der Waals surface area (Å²) in [6.45, 7) is 7.34. The molecule has 0 aliphatic heterocycles. The molecule has 0 heterocycles. The number of carbonyl (C=O) groups excluding carboxylic acids is 2. The monoisotopic (exact) mass is 641 g/mol. The van der Waals surface area contributed by atoms with Crippen molar-refractivity contribution in [1.29, 1.82) is 0 Å². The quantitative estimate of drug-likeness (QED) is 0.199. The molecule has 0 radical (unpaired) electrons. The van der Waals surface area contributed by atoms with E-state index in [0.717, 1.165) is 21.2 Å². The molecule has 2 amide bonds. The maximum absolute atomic E-state index is 14.4. The molecule has 0 aromatic heterocycles. The fourth-order valence-corrected chi connectivity index (χ4v) is 6.49. The molecule has 0 aliphatic rings.